The van der Waals surface area contributed by atoms with Gasteiger partial charge in [0.15, 0.2) is 0 Å². The molecule has 1 aromatic carbocycles. The van der Waals surface area contributed by atoms with Crippen LogP contribution in [0.1, 0.15) is 6.92 Å². The molecular formula is C13H19N7O6S2. The number of hydrogen-bond donors (Lipinski definition) is 6. The molecule has 1 atom stereocenters. The van der Waals surface area contributed by atoms with Crippen LogP contribution in [0, 0.1) is 0 Å². The first-order valence-corrected chi connectivity index (χ1v) is 10.8. The Labute approximate surface area is 161 Å². The average Bonchev–Trinajstić information content (AvgIpc) is 2.52. The summed E-state index contributed by atoms with van der Waals surface area (Å²) >= 11 is 0. The molecule has 2 rings (SSSR count). The standard InChI is InChI=1S/C13H19N7O6S2/c1-8(14)16-12-18-11(15-6-7-27(21,22)23)19-13(20-12)17-9-2-4-10(5-3-9)28(24,25)26/h2-5,8H,6-7,14H2,1H3,(H,21,22,23)(H,24,25,26)(H3,15,16,17,18,19,20). The maximum absolute atomic E-state index is 11.1. The van der Waals surface area contributed by atoms with Gasteiger partial charge in [0.2, 0.25) is 17.8 Å². The molecule has 0 bridgehead atoms. The van der Waals surface area contributed by atoms with E-state index in [9.17, 15) is 16.8 Å². The molecule has 0 spiro atoms. The number of aromatic nitrogens is 3. The van der Waals surface area contributed by atoms with Crippen molar-refractivity contribution in [3.63, 3.8) is 0 Å². The Morgan fingerprint density at radius 2 is 1.57 bits per heavy atom. The van der Waals surface area contributed by atoms with Crippen LogP contribution in [0.15, 0.2) is 29.2 Å². The lowest BCUT2D eigenvalue weighted by Crippen LogP contribution is -2.27. The maximum Gasteiger partial charge on any atom is 0.294 e. The van der Waals surface area contributed by atoms with E-state index in [0.717, 1.165) is 0 Å². The van der Waals surface area contributed by atoms with Crippen molar-refractivity contribution in [3.8, 4) is 0 Å². The molecule has 0 saturated carbocycles. The summed E-state index contributed by atoms with van der Waals surface area (Å²) in [5.74, 6) is -0.392. The molecule has 0 fully saturated rings. The first-order chi connectivity index (χ1) is 12.9. The fourth-order valence-corrected chi connectivity index (χ4v) is 2.75. The van der Waals surface area contributed by atoms with Crippen LogP contribution in [0.2, 0.25) is 0 Å². The van der Waals surface area contributed by atoms with Crippen LogP contribution in [-0.4, -0.2) is 59.4 Å². The molecule has 1 aromatic heterocycles. The molecular weight excluding hydrogens is 414 g/mol. The summed E-state index contributed by atoms with van der Waals surface area (Å²) in [7, 11) is -8.47. The van der Waals surface area contributed by atoms with Gasteiger partial charge in [-0.25, -0.2) is 0 Å². The van der Waals surface area contributed by atoms with Crippen molar-refractivity contribution in [3.05, 3.63) is 24.3 Å². The monoisotopic (exact) mass is 433 g/mol. The number of hydrogen-bond acceptors (Lipinski definition) is 11. The fourth-order valence-electron chi connectivity index (χ4n) is 1.91. The number of nitrogens with two attached hydrogens (primary N) is 1. The van der Waals surface area contributed by atoms with Crippen LogP contribution in [0.25, 0.3) is 0 Å². The minimum absolute atomic E-state index is 0.0128. The van der Waals surface area contributed by atoms with E-state index in [-0.39, 0.29) is 29.3 Å². The molecule has 7 N–H and O–H groups in total. The first-order valence-electron chi connectivity index (χ1n) is 7.74. The van der Waals surface area contributed by atoms with Crippen molar-refractivity contribution in [2.75, 3.05) is 28.2 Å². The van der Waals surface area contributed by atoms with Gasteiger partial charge in [0.05, 0.1) is 16.8 Å². The lowest BCUT2D eigenvalue weighted by molar-refractivity contribution is 0.481. The Morgan fingerprint density at radius 1 is 1.00 bits per heavy atom. The third kappa shape index (κ3) is 7.20. The van der Waals surface area contributed by atoms with Crippen molar-refractivity contribution in [1.82, 2.24) is 15.0 Å². The number of nitrogens with zero attached hydrogens (tertiary/aromatic N) is 3. The van der Waals surface area contributed by atoms with Crippen LogP contribution in [-0.2, 0) is 20.2 Å². The van der Waals surface area contributed by atoms with E-state index in [1.165, 1.54) is 24.3 Å². The molecule has 0 aliphatic carbocycles. The molecule has 2 aromatic rings. The topological polar surface area (TPSA) is 210 Å². The van der Waals surface area contributed by atoms with Gasteiger partial charge in [-0.1, -0.05) is 0 Å². The van der Waals surface area contributed by atoms with Gasteiger partial charge in [-0.2, -0.15) is 31.8 Å². The van der Waals surface area contributed by atoms with E-state index in [2.05, 4.69) is 30.9 Å². The summed E-state index contributed by atoms with van der Waals surface area (Å²) in [6.45, 7) is 1.50. The van der Waals surface area contributed by atoms with Crippen molar-refractivity contribution in [2.45, 2.75) is 18.0 Å². The van der Waals surface area contributed by atoms with Crippen LogP contribution in [0.3, 0.4) is 0 Å². The molecule has 15 heteroatoms. The van der Waals surface area contributed by atoms with Gasteiger partial charge in [0.1, 0.15) is 0 Å². The number of nitrogens with one attached hydrogen (secondary N) is 3. The summed E-state index contributed by atoms with van der Waals surface area (Å²) in [6.07, 6.45) is -0.491. The Morgan fingerprint density at radius 3 is 2.11 bits per heavy atom. The van der Waals surface area contributed by atoms with E-state index in [1.54, 1.807) is 6.92 Å². The Hall–Kier alpha value is -2.59. The van der Waals surface area contributed by atoms with Crippen LogP contribution in [0.4, 0.5) is 23.5 Å². The summed E-state index contributed by atoms with van der Waals surface area (Å²) in [4.78, 5) is 11.9. The van der Waals surface area contributed by atoms with E-state index in [0.29, 0.717) is 5.69 Å². The van der Waals surface area contributed by atoms with E-state index in [1.807, 2.05) is 0 Å². The van der Waals surface area contributed by atoms with E-state index in [4.69, 9.17) is 14.8 Å². The lowest BCUT2D eigenvalue weighted by atomic mass is 10.3. The highest BCUT2D eigenvalue weighted by atomic mass is 32.2. The highest BCUT2D eigenvalue weighted by Crippen LogP contribution is 2.18. The molecule has 1 heterocycles. The minimum Gasteiger partial charge on any atom is -0.353 e. The zero-order chi connectivity index (χ0) is 20.9. The smallest absolute Gasteiger partial charge is 0.294 e. The van der Waals surface area contributed by atoms with Crippen molar-refractivity contribution < 1.29 is 25.9 Å². The predicted octanol–water partition coefficient (Wildman–Crippen LogP) is -0.122. The van der Waals surface area contributed by atoms with Gasteiger partial charge in [-0.3, -0.25) is 9.11 Å². The van der Waals surface area contributed by atoms with Gasteiger partial charge >= 0.3 is 0 Å². The Bertz CT molecular complexity index is 1030. The second-order valence-corrected chi connectivity index (χ2v) is 8.57. The molecule has 13 nitrogen and oxygen atoms in total. The maximum atomic E-state index is 11.1. The molecule has 0 radical (unpaired) electrons. The zero-order valence-corrected chi connectivity index (χ0v) is 16.2. The Kier molecular flexibility index (Phi) is 6.68. The van der Waals surface area contributed by atoms with E-state index < -0.39 is 32.2 Å². The normalized spacial score (nSPS) is 13.0. The molecule has 0 aliphatic heterocycles. The quantitative estimate of drug-likeness (QED) is 0.225. The van der Waals surface area contributed by atoms with Gasteiger partial charge in [-0.15, -0.1) is 0 Å². The van der Waals surface area contributed by atoms with Gasteiger partial charge in [0, 0.05) is 12.2 Å². The number of rotatable bonds is 9. The molecule has 154 valence electrons. The van der Waals surface area contributed by atoms with Gasteiger partial charge < -0.3 is 21.7 Å². The molecule has 0 aliphatic rings. The molecule has 0 saturated heterocycles. The summed E-state index contributed by atoms with van der Waals surface area (Å²) < 4.78 is 61.5. The molecule has 1 unspecified atom stereocenters. The highest BCUT2D eigenvalue weighted by Gasteiger charge is 2.11. The van der Waals surface area contributed by atoms with Gasteiger partial charge in [0.25, 0.3) is 20.2 Å². The summed E-state index contributed by atoms with van der Waals surface area (Å²) in [5.41, 5.74) is 6.06. The lowest BCUT2D eigenvalue weighted by Gasteiger charge is -2.12. The Balaban J connectivity index is 2.22. The number of benzene rings is 1. The zero-order valence-electron chi connectivity index (χ0n) is 14.6. The summed E-state index contributed by atoms with van der Waals surface area (Å²) in [6, 6.07) is 5.14. The van der Waals surface area contributed by atoms with Gasteiger partial charge in [-0.05, 0) is 31.2 Å². The largest absolute Gasteiger partial charge is 0.353 e. The van der Waals surface area contributed by atoms with Crippen LogP contribution < -0.4 is 21.7 Å². The SMILES string of the molecule is CC(N)Nc1nc(NCCS(=O)(=O)O)nc(Nc2ccc(S(=O)(=O)O)cc2)n1. The fraction of sp³-hybridized carbons (Fsp3) is 0.308. The average molecular weight is 433 g/mol. The summed E-state index contributed by atoms with van der Waals surface area (Å²) in [5, 5.41) is 8.21. The minimum atomic E-state index is -4.31. The molecule has 0 amide bonds. The second kappa shape index (κ2) is 8.61. The van der Waals surface area contributed by atoms with Crippen molar-refractivity contribution >= 4 is 43.8 Å². The predicted molar refractivity (Wildman–Crippen MR) is 102 cm³/mol. The first kappa shape index (κ1) is 21.7. The third-order valence-electron chi connectivity index (χ3n) is 3.04. The van der Waals surface area contributed by atoms with Crippen LogP contribution in [0.5, 0.6) is 0 Å². The van der Waals surface area contributed by atoms with Crippen molar-refractivity contribution in [1.29, 1.82) is 0 Å². The number of anilines is 4. The second-order valence-electron chi connectivity index (χ2n) is 5.58. The highest BCUT2D eigenvalue weighted by molar-refractivity contribution is 7.86. The van der Waals surface area contributed by atoms with Crippen LogP contribution >= 0.6 is 0 Å². The molecule has 28 heavy (non-hydrogen) atoms. The third-order valence-corrected chi connectivity index (χ3v) is 4.63. The van der Waals surface area contributed by atoms with Crippen molar-refractivity contribution in [2.24, 2.45) is 5.73 Å². The van der Waals surface area contributed by atoms with E-state index >= 15 is 0 Å².